The number of primary amides is 1. The molecule has 0 saturated carbocycles. The van der Waals surface area contributed by atoms with Crippen molar-refractivity contribution < 1.29 is 13.9 Å². The molecular weight excluding hydrogens is 351 g/mol. The van der Waals surface area contributed by atoms with E-state index in [4.69, 9.17) is 27.8 Å². The third kappa shape index (κ3) is 2.86. The molecule has 2 aromatic carbocycles. The van der Waals surface area contributed by atoms with Crippen LogP contribution in [0, 0.1) is 5.82 Å². The van der Waals surface area contributed by atoms with Gasteiger partial charge in [-0.1, -0.05) is 17.7 Å². The quantitative estimate of drug-likeness (QED) is 0.647. The Labute approximate surface area is 127 Å². The highest BCUT2D eigenvalue weighted by Gasteiger charge is 2.16. The van der Waals surface area contributed by atoms with Crippen LogP contribution in [-0.2, 0) is 0 Å². The summed E-state index contributed by atoms with van der Waals surface area (Å²) in [6, 6.07) is 7.01. The highest BCUT2D eigenvalue weighted by Crippen LogP contribution is 2.37. The lowest BCUT2D eigenvalue weighted by Gasteiger charge is -2.13. The minimum Gasteiger partial charge on any atom is -0.453 e. The van der Waals surface area contributed by atoms with Crippen molar-refractivity contribution in [2.24, 2.45) is 5.73 Å². The fourth-order valence-electron chi connectivity index (χ4n) is 1.56. The van der Waals surface area contributed by atoms with Gasteiger partial charge in [-0.15, -0.1) is 0 Å². The highest BCUT2D eigenvalue weighted by atomic mass is 79.9. The van der Waals surface area contributed by atoms with Crippen molar-refractivity contribution in [1.29, 1.82) is 0 Å². The van der Waals surface area contributed by atoms with Gasteiger partial charge >= 0.3 is 0 Å². The summed E-state index contributed by atoms with van der Waals surface area (Å²) in [7, 11) is 0. The molecule has 0 atom stereocenters. The summed E-state index contributed by atoms with van der Waals surface area (Å²) in [6.07, 6.45) is 0. The Morgan fingerprint density at radius 1 is 1.35 bits per heavy atom. The fraction of sp³-hybridized carbons (Fsp3) is 0. The molecule has 0 unspecified atom stereocenters. The van der Waals surface area contributed by atoms with Crippen LogP contribution in [-0.4, -0.2) is 5.91 Å². The zero-order valence-electron chi connectivity index (χ0n) is 9.99. The predicted molar refractivity (Wildman–Crippen MR) is 78.6 cm³/mol. The number of ether oxygens (including phenoxy) is 1. The average Bonchev–Trinajstić information content (AvgIpc) is 2.37. The SMILES string of the molecule is NC(=O)c1cccc(N)c1Oc1cc(F)c(Cl)cc1Br. The second kappa shape index (κ2) is 5.68. The van der Waals surface area contributed by atoms with Gasteiger partial charge in [0.15, 0.2) is 5.75 Å². The van der Waals surface area contributed by atoms with Gasteiger partial charge in [0.2, 0.25) is 0 Å². The summed E-state index contributed by atoms with van der Waals surface area (Å²) in [4.78, 5) is 11.3. The first-order chi connectivity index (χ1) is 9.40. The maximum absolute atomic E-state index is 13.5. The van der Waals surface area contributed by atoms with Crippen LogP contribution in [0.5, 0.6) is 11.5 Å². The summed E-state index contributed by atoms with van der Waals surface area (Å²) in [5.74, 6) is -1.15. The first-order valence-corrected chi connectivity index (χ1v) is 6.58. The van der Waals surface area contributed by atoms with E-state index in [1.54, 1.807) is 12.1 Å². The van der Waals surface area contributed by atoms with Gasteiger partial charge in [-0.3, -0.25) is 4.79 Å². The first-order valence-electron chi connectivity index (χ1n) is 5.41. The van der Waals surface area contributed by atoms with Crippen molar-refractivity contribution in [2.75, 3.05) is 5.73 Å². The maximum atomic E-state index is 13.5. The summed E-state index contributed by atoms with van der Waals surface area (Å²) >= 11 is 8.83. The second-order valence-electron chi connectivity index (χ2n) is 3.89. The molecule has 0 fully saturated rings. The number of benzene rings is 2. The Hall–Kier alpha value is -1.79. The van der Waals surface area contributed by atoms with Gasteiger partial charge in [-0.05, 0) is 34.1 Å². The molecule has 0 spiro atoms. The van der Waals surface area contributed by atoms with Crippen molar-refractivity contribution in [3.8, 4) is 11.5 Å². The zero-order chi connectivity index (χ0) is 14.9. The minimum absolute atomic E-state index is 0.0552. The molecule has 1 amide bonds. The number of hydrogen-bond acceptors (Lipinski definition) is 3. The Kier molecular flexibility index (Phi) is 4.15. The average molecular weight is 360 g/mol. The standard InChI is InChI=1S/C13H9BrClFN2O2/c14-7-4-8(15)9(16)5-11(7)20-12-6(13(18)19)2-1-3-10(12)17/h1-5H,17H2,(H2,18,19). The van der Waals surface area contributed by atoms with Crippen LogP contribution < -0.4 is 16.2 Å². The smallest absolute Gasteiger partial charge is 0.252 e. The molecule has 4 nitrogen and oxygen atoms in total. The maximum Gasteiger partial charge on any atom is 0.252 e. The van der Waals surface area contributed by atoms with Crippen LogP contribution in [0.1, 0.15) is 10.4 Å². The van der Waals surface area contributed by atoms with Gasteiger partial charge < -0.3 is 16.2 Å². The van der Waals surface area contributed by atoms with Crippen LogP contribution in [0.25, 0.3) is 0 Å². The van der Waals surface area contributed by atoms with Crippen LogP contribution in [0.4, 0.5) is 10.1 Å². The number of carbonyl (C=O) groups excluding carboxylic acids is 1. The molecule has 4 N–H and O–H groups in total. The molecule has 7 heteroatoms. The van der Waals surface area contributed by atoms with E-state index in [-0.39, 0.29) is 27.8 Å². The summed E-state index contributed by atoms with van der Waals surface area (Å²) in [5, 5.41) is -0.0552. The lowest BCUT2D eigenvalue weighted by molar-refractivity contribution is 0.0998. The van der Waals surface area contributed by atoms with E-state index < -0.39 is 11.7 Å². The molecule has 2 rings (SSSR count). The van der Waals surface area contributed by atoms with Crippen molar-refractivity contribution in [2.45, 2.75) is 0 Å². The topological polar surface area (TPSA) is 78.3 Å². The summed E-state index contributed by atoms with van der Waals surface area (Å²) in [6.45, 7) is 0. The molecule has 0 aliphatic heterocycles. The van der Waals surface area contributed by atoms with Gasteiger partial charge in [0, 0.05) is 6.07 Å². The van der Waals surface area contributed by atoms with Crippen LogP contribution in [0.15, 0.2) is 34.8 Å². The number of nitrogens with two attached hydrogens (primary N) is 2. The van der Waals surface area contributed by atoms with Gasteiger partial charge in [0.25, 0.3) is 5.91 Å². The van der Waals surface area contributed by atoms with E-state index in [0.29, 0.717) is 4.47 Å². The summed E-state index contributed by atoms with van der Waals surface area (Å²) < 4.78 is 19.4. The molecule has 2 aromatic rings. The fourth-order valence-corrected chi connectivity index (χ4v) is 2.28. The molecule has 0 radical (unpaired) electrons. The molecule has 0 aliphatic carbocycles. The molecule has 0 aromatic heterocycles. The lowest BCUT2D eigenvalue weighted by Crippen LogP contribution is -2.13. The largest absolute Gasteiger partial charge is 0.453 e. The van der Waals surface area contributed by atoms with Crippen molar-refractivity contribution in [3.05, 3.63) is 51.2 Å². The van der Waals surface area contributed by atoms with Gasteiger partial charge in [0.05, 0.1) is 20.7 Å². The summed E-state index contributed by atoms with van der Waals surface area (Å²) in [5.41, 5.74) is 11.3. The third-order valence-corrected chi connectivity index (χ3v) is 3.41. The second-order valence-corrected chi connectivity index (χ2v) is 5.15. The van der Waals surface area contributed by atoms with Gasteiger partial charge in [-0.25, -0.2) is 4.39 Å². The lowest BCUT2D eigenvalue weighted by atomic mass is 10.1. The molecule has 104 valence electrons. The van der Waals surface area contributed by atoms with E-state index in [9.17, 15) is 9.18 Å². The van der Waals surface area contributed by atoms with E-state index in [1.165, 1.54) is 12.1 Å². The Morgan fingerprint density at radius 3 is 2.70 bits per heavy atom. The molecule has 20 heavy (non-hydrogen) atoms. The van der Waals surface area contributed by atoms with Crippen LogP contribution in [0.2, 0.25) is 5.02 Å². The number of amides is 1. The van der Waals surface area contributed by atoms with Crippen LogP contribution >= 0.6 is 27.5 Å². The molecule has 0 saturated heterocycles. The number of hydrogen-bond donors (Lipinski definition) is 2. The molecular formula is C13H9BrClFN2O2. The predicted octanol–water partition coefficient (Wildman–Crippen LogP) is 3.72. The number of para-hydroxylation sites is 1. The van der Waals surface area contributed by atoms with Crippen molar-refractivity contribution in [3.63, 3.8) is 0 Å². The Balaban J connectivity index is 2.50. The van der Waals surface area contributed by atoms with Gasteiger partial charge in [-0.2, -0.15) is 0 Å². The van der Waals surface area contributed by atoms with E-state index in [1.807, 2.05) is 0 Å². The van der Waals surface area contributed by atoms with Crippen molar-refractivity contribution >= 4 is 39.1 Å². The third-order valence-electron chi connectivity index (χ3n) is 2.50. The van der Waals surface area contributed by atoms with Crippen LogP contribution in [0.3, 0.4) is 0 Å². The number of anilines is 1. The first kappa shape index (κ1) is 14.6. The van der Waals surface area contributed by atoms with Gasteiger partial charge in [0.1, 0.15) is 11.6 Å². The monoisotopic (exact) mass is 358 g/mol. The Bertz CT molecular complexity index is 694. The Morgan fingerprint density at radius 2 is 2.05 bits per heavy atom. The van der Waals surface area contributed by atoms with Crippen molar-refractivity contribution in [1.82, 2.24) is 0 Å². The number of rotatable bonds is 3. The molecule has 0 aliphatic rings. The molecule has 0 heterocycles. The van der Waals surface area contributed by atoms with E-state index in [2.05, 4.69) is 15.9 Å². The highest BCUT2D eigenvalue weighted by molar-refractivity contribution is 9.10. The zero-order valence-corrected chi connectivity index (χ0v) is 12.3. The van der Waals surface area contributed by atoms with E-state index >= 15 is 0 Å². The number of halogens is 3. The van der Waals surface area contributed by atoms with E-state index in [0.717, 1.165) is 6.07 Å². The number of carbonyl (C=O) groups is 1. The molecule has 0 bridgehead atoms. The minimum atomic E-state index is -0.696. The number of nitrogen functional groups attached to an aromatic ring is 1. The normalized spacial score (nSPS) is 10.3.